The molecule has 0 radical (unpaired) electrons. The van der Waals surface area contributed by atoms with Crippen LogP contribution in [0.2, 0.25) is 0 Å². The van der Waals surface area contributed by atoms with E-state index in [-0.39, 0.29) is 11.3 Å². The van der Waals surface area contributed by atoms with Crippen molar-refractivity contribution in [1.82, 2.24) is 4.98 Å². The normalized spacial score (nSPS) is 10.6. The van der Waals surface area contributed by atoms with E-state index in [2.05, 4.69) is 4.98 Å². The van der Waals surface area contributed by atoms with Crippen molar-refractivity contribution in [2.75, 3.05) is 14.2 Å². The minimum atomic E-state index is -1.06. The number of aromatic amines is 1. The van der Waals surface area contributed by atoms with E-state index < -0.39 is 5.97 Å². The molecule has 5 nitrogen and oxygen atoms in total. The van der Waals surface area contributed by atoms with Crippen molar-refractivity contribution in [3.8, 4) is 22.6 Å². The van der Waals surface area contributed by atoms with E-state index >= 15 is 0 Å². The van der Waals surface area contributed by atoms with Crippen LogP contribution >= 0.6 is 0 Å². The molecule has 0 unspecified atom stereocenters. The zero-order valence-electron chi connectivity index (χ0n) is 12.2. The fourth-order valence-electron chi connectivity index (χ4n) is 2.59. The number of ether oxygens (including phenoxy) is 2. The first kappa shape index (κ1) is 14.0. The van der Waals surface area contributed by atoms with Gasteiger partial charge in [0.15, 0.2) is 11.5 Å². The van der Waals surface area contributed by atoms with Crippen molar-refractivity contribution in [2.45, 2.75) is 0 Å². The SMILES string of the molecule is COc1cc(-c2c[nH]c3ccccc23)cc(C(=O)O)c1OC. The summed E-state index contributed by atoms with van der Waals surface area (Å²) in [5, 5.41) is 10.4. The molecule has 22 heavy (non-hydrogen) atoms. The van der Waals surface area contributed by atoms with E-state index in [0.29, 0.717) is 5.75 Å². The van der Waals surface area contributed by atoms with Gasteiger partial charge in [-0.05, 0) is 23.8 Å². The van der Waals surface area contributed by atoms with Crippen LogP contribution in [0.3, 0.4) is 0 Å². The molecule has 1 aromatic heterocycles. The van der Waals surface area contributed by atoms with Crippen molar-refractivity contribution in [3.05, 3.63) is 48.2 Å². The Balaban J connectivity index is 2.27. The summed E-state index contributed by atoms with van der Waals surface area (Å²) in [6, 6.07) is 11.2. The van der Waals surface area contributed by atoms with Crippen LogP contribution in [0.5, 0.6) is 11.5 Å². The number of carboxylic acids is 1. The van der Waals surface area contributed by atoms with Gasteiger partial charge in [-0.2, -0.15) is 0 Å². The molecule has 3 aromatic rings. The largest absolute Gasteiger partial charge is 0.493 e. The van der Waals surface area contributed by atoms with E-state index in [9.17, 15) is 9.90 Å². The first-order chi connectivity index (χ1) is 10.7. The Bertz CT molecular complexity index is 851. The third kappa shape index (κ3) is 2.16. The third-order valence-electron chi connectivity index (χ3n) is 3.61. The number of fused-ring (bicyclic) bond motifs is 1. The molecule has 0 bridgehead atoms. The lowest BCUT2D eigenvalue weighted by molar-refractivity contribution is 0.0692. The van der Waals surface area contributed by atoms with Crippen LogP contribution in [-0.4, -0.2) is 30.3 Å². The average Bonchev–Trinajstić information content (AvgIpc) is 2.97. The number of hydrogen-bond acceptors (Lipinski definition) is 3. The monoisotopic (exact) mass is 297 g/mol. The molecule has 0 amide bonds. The molecule has 0 spiro atoms. The van der Waals surface area contributed by atoms with Gasteiger partial charge >= 0.3 is 5.97 Å². The van der Waals surface area contributed by atoms with E-state index in [0.717, 1.165) is 22.0 Å². The van der Waals surface area contributed by atoms with Gasteiger partial charge in [-0.15, -0.1) is 0 Å². The molecule has 0 aliphatic rings. The summed E-state index contributed by atoms with van der Waals surface area (Å²) in [5.74, 6) is -0.446. The summed E-state index contributed by atoms with van der Waals surface area (Å²) in [4.78, 5) is 14.7. The highest BCUT2D eigenvalue weighted by Crippen LogP contribution is 2.38. The highest BCUT2D eigenvalue weighted by Gasteiger charge is 2.19. The Hall–Kier alpha value is -2.95. The number of benzene rings is 2. The molecule has 1 heterocycles. The summed E-state index contributed by atoms with van der Waals surface area (Å²) in [5.41, 5.74) is 2.73. The number of H-pyrrole nitrogens is 1. The van der Waals surface area contributed by atoms with Crippen LogP contribution in [0.4, 0.5) is 0 Å². The van der Waals surface area contributed by atoms with Gasteiger partial charge in [-0.3, -0.25) is 0 Å². The molecular formula is C17H15NO4. The van der Waals surface area contributed by atoms with Crippen LogP contribution in [0.25, 0.3) is 22.0 Å². The Morgan fingerprint density at radius 2 is 1.91 bits per heavy atom. The van der Waals surface area contributed by atoms with Crippen molar-refractivity contribution >= 4 is 16.9 Å². The van der Waals surface area contributed by atoms with Gasteiger partial charge < -0.3 is 19.6 Å². The number of carboxylic acid groups (broad SMARTS) is 1. The summed E-state index contributed by atoms with van der Waals surface area (Å²) < 4.78 is 10.5. The first-order valence-electron chi connectivity index (χ1n) is 6.71. The van der Waals surface area contributed by atoms with Crippen molar-refractivity contribution < 1.29 is 19.4 Å². The number of hydrogen-bond donors (Lipinski definition) is 2. The molecule has 0 aliphatic heterocycles. The predicted molar refractivity (Wildman–Crippen MR) is 83.8 cm³/mol. The van der Waals surface area contributed by atoms with Crippen LogP contribution in [-0.2, 0) is 0 Å². The Labute approximate surface area is 127 Å². The molecule has 0 saturated carbocycles. The van der Waals surface area contributed by atoms with Crippen LogP contribution < -0.4 is 9.47 Å². The fourth-order valence-corrected chi connectivity index (χ4v) is 2.59. The molecule has 5 heteroatoms. The maximum atomic E-state index is 11.5. The predicted octanol–water partition coefficient (Wildman–Crippen LogP) is 3.55. The lowest BCUT2D eigenvalue weighted by Crippen LogP contribution is -2.03. The molecule has 3 rings (SSSR count). The summed E-state index contributed by atoms with van der Waals surface area (Å²) >= 11 is 0. The molecule has 0 aliphatic carbocycles. The quantitative estimate of drug-likeness (QED) is 0.772. The zero-order chi connectivity index (χ0) is 15.7. The van der Waals surface area contributed by atoms with E-state index in [1.54, 1.807) is 12.1 Å². The van der Waals surface area contributed by atoms with Gasteiger partial charge in [-0.25, -0.2) is 4.79 Å². The van der Waals surface area contributed by atoms with E-state index in [1.165, 1.54) is 14.2 Å². The number of carbonyl (C=O) groups is 1. The number of rotatable bonds is 4. The molecule has 0 atom stereocenters. The number of aromatic carboxylic acids is 1. The molecule has 2 N–H and O–H groups in total. The van der Waals surface area contributed by atoms with Crippen molar-refractivity contribution in [3.63, 3.8) is 0 Å². The maximum Gasteiger partial charge on any atom is 0.339 e. The minimum absolute atomic E-state index is 0.0714. The average molecular weight is 297 g/mol. The van der Waals surface area contributed by atoms with Gasteiger partial charge in [0.2, 0.25) is 0 Å². The number of aromatic nitrogens is 1. The lowest BCUT2D eigenvalue weighted by Gasteiger charge is -2.12. The Kier molecular flexibility index (Phi) is 3.47. The molecule has 112 valence electrons. The van der Waals surface area contributed by atoms with Crippen molar-refractivity contribution in [1.29, 1.82) is 0 Å². The van der Waals surface area contributed by atoms with Gasteiger partial charge in [0.05, 0.1) is 14.2 Å². The lowest BCUT2D eigenvalue weighted by atomic mass is 10.0. The first-order valence-corrected chi connectivity index (χ1v) is 6.71. The zero-order valence-corrected chi connectivity index (χ0v) is 12.2. The fraction of sp³-hybridized carbons (Fsp3) is 0.118. The smallest absolute Gasteiger partial charge is 0.339 e. The van der Waals surface area contributed by atoms with E-state index in [4.69, 9.17) is 9.47 Å². The highest BCUT2D eigenvalue weighted by molar-refractivity contribution is 5.99. The molecule has 0 saturated heterocycles. The molecule has 2 aromatic carbocycles. The van der Waals surface area contributed by atoms with Gasteiger partial charge in [0, 0.05) is 22.7 Å². The molecule has 0 fully saturated rings. The number of nitrogens with one attached hydrogen (secondary N) is 1. The van der Waals surface area contributed by atoms with Crippen LogP contribution in [0.15, 0.2) is 42.6 Å². The molecular weight excluding hydrogens is 282 g/mol. The Morgan fingerprint density at radius 3 is 2.59 bits per heavy atom. The Morgan fingerprint density at radius 1 is 1.14 bits per heavy atom. The standard InChI is InChI=1S/C17H15NO4/c1-21-15-8-10(7-12(17(19)20)16(15)22-2)13-9-18-14-6-4-3-5-11(13)14/h3-9,18H,1-2H3,(H,19,20). The third-order valence-corrected chi connectivity index (χ3v) is 3.61. The van der Waals surface area contributed by atoms with Crippen LogP contribution in [0, 0.1) is 0 Å². The summed E-state index contributed by atoms with van der Waals surface area (Å²) in [7, 11) is 2.91. The highest BCUT2D eigenvalue weighted by atomic mass is 16.5. The number of methoxy groups -OCH3 is 2. The number of para-hydroxylation sites is 1. The van der Waals surface area contributed by atoms with E-state index in [1.807, 2.05) is 30.5 Å². The van der Waals surface area contributed by atoms with Crippen LogP contribution in [0.1, 0.15) is 10.4 Å². The second-order valence-corrected chi connectivity index (χ2v) is 4.81. The van der Waals surface area contributed by atoms with Gasteiger partial charge in [-0.1, -0.05) is 18.2 Å². The minimum Gasteiger partial charge on any atom is -0.493 e. The van der Waals surface area contributed by atoms with Gasteiger partial charge in [0.1, 0.15) is 5.56 Å². The topological polar surface area (TPSA) is 71.6 Å². The summed E-state index contributed by atoms with van der Waals surface area (Å²) in [6.45, 7) is 0. The van der Waals surface area contributed by atoms with Crippen molar-refractivity contribution in [2.24, 2.45) is 0 Å². The summed E-state index contributed by atoms with van der Waals surface area (Å²) in [6.07, 6.45) is 1.86. The second kappa shape index (κ2) is 5.44. The van der Waals surface area contributed by atoms with Gasteiger partial charge in [0.25, 0.3) is 0 Å². The second-order valence-electron chi connectivity index (χ2n) is 4.81. The maximum absolute atomic E-state index is 11.5.